The first-order valence-electron chi connectivity index (χ1n) is 5.43. The minimum absolute atomic E-state index is 0.236. The Morgan fingerprint density at radius 3 is 2.58 bits per heavy atom. The summed E-state index contributed by atoms with van der Waals surface area (Å²) < 4.78 is 37.8. The number of nitrogens with zero attached hydrogens (tertiary/aromatic N) is 1. The van der Waals surface area contributed by atoms with Crippen molar-refractivity contribution in [1.82, 2.24) is 4.98 Å². The fraction of sp³-hybridized carbons (Fsp3) is 0.154. The zero-order valence-corrected chi connectivity index (χ0v) is 10.8. The molecule has 0 bridgehead atoms. The lowest BCUT2D eigenvalue weighted by molar-refractivity contribution is -0.141. The number of nitrogens with two attached hydrogens (primary N) is 1. The summed E-state index contributed by atoms with van der Waals surface area (Å²) in [5.41, 5.74) is 6.01. The van der Waals surface area contributed by atoms with Crippen LogP contribution in [0.5, 0.6) is 0 Å². The highest BCUT2D eigenvalue weighted by Crippen LogP contribution is 2.36. The van der Waals surface area contributed by atoms with Gasteiger partial charge in [0, 0.05) is 9.79 Å². The summed E-state index contributed by atoms with van der Waals surface area (Å²) in [5, 5.41) is 0. The van der Waals surface area contributed by atoms with Gasteiger partial charge in [-0.2, -0.15) is 13.2 Å². The lowest BCUT2D eigenvalue weighted by atomic mass is 10.2. The summed E-state index contributed by atoms with van der Waals surface area (Å²) in [5.74, 6) is 0. The third-order valence-corrected chi connectivity index (χ3v) is 3.47. The van der Waals surface area contributed by atoms with E-state index in [-0.39, 0.29) is 5.69 Å². The monoisotopic (exact) mass is 284 g/mol. The number of hydrogen-bond donors (Lipinski definition) is 1. The smallest absolute Gasteiger partial charge is 0.397 e. The van der Waals surface area contributed by atoms with E-state index in [2.05, 4.69) is 4.98 Å². The van der Waals surface area contributed by atoms with Crippen molar-refractivity contribution in [3.8, 4) is 0 Å². The van der Waals surface area contributed by atoms with Gasteiger partial charge < -0.3 is 5.73 Å². The fourth-order valence-electron chi connectivity index (χ4n) is 1.50. The first-order valence-corrected chi connectivity index (χ1v) is 6.25. The number of pyridine rings is 1. The maximum atomic E-state index is 12.6. The van der Waals surface area contributed by atoms with Crippen LogP contribution in [0.25, 0.3) is 0 Å². The third kappa shape index (κ3) is 3.41. The highest BCUT2D eigenvalue weighted by atomic mass is 32.2. The molecule has 2 rings (SSSR count). The molecule has 1 heterocycles. The van der Waals surface area contributed by atoms with Crippen molar-refractivity contribution in [3.63, 3.8) is 0 Å². The van der Waals surface area contributed by atoms with Crippen molar-refractivity contribution >= 4 is 17.4 Å². The van der Waals surface area contributed by atoms with Gasteiger partial charge in [0.05, 0.1) is 11.9 Å². The van der Waals surface area contributed by atoms with E-state index < -0.39 is 11.9 Å². The Kier molecular flexibility index (Phi) is 3.71. The zero-order valence-electron chi connectivity index (χ0n) is 10.0. The fourth-order valence-corrected chi connectivity index (χ4v) is 2.48. The van der Waals surface area contributed by atoms with Gasteiger partial charge in [-0.1, -0.05) is 29.5 Å². The molecular weight excluding hydrogens is 273 g/mol. The van der Waals surface area contributed by atoms with Gasteiger partial charge in [0.25, 0.3) is 0 Å². The first kappa shape index (κ1) is 13.7. The van der Waals surface area contributed by atoms with Crippen molar-refractivity contribution in [2.45, 2.75) is 22.9 Å². The molecule has 0 saturated heterocycles. The SMILES string of the molecule is Cc1cccc(Sc2cc(C(F)(F)F)ncc2N)c1. The van der Waals surface area contributed by atoms with E-state index in [1.54, 1.807) is 0 Å². The van der Waals surface area contributed by atoms with Crippen LogP contribution in [-0.2, 0) is 6.18 Å². The van der Waals surface area contributed by atoms with E-state index in [9.17, 15) is 13.2 Å². The van der Waals surface area contributed by atoms with Crippen LogP contribution in [0.4, 0.5) is 18.9 Å². The minimum atomic E-state index is -4.46. The number of benzene rings is 1. The van der Waals surface area contributed by atoms with Crippen molar-refractivity contribution in [1.29, 1.82) is 0 Å². The van der Waals surface area contributed by atoms with Crippen LogP contribution in [-0.4, -0.2) is 4.98 Å². The Hall–Kier alpha value is -1.69. The van der Waals surface area contributed by atoms with E-state index in [1.165, 1.54) is 11.8 Å². The number of alkyl halides is 3. The molecular formula is C13H11F3N2S. The number of hydrogen-bond acceptors (Lipinski definition) is 3. The molecule has 1 aromatic carbocycles. The average molecular weight is 284 g/mol. The van der Waals surface area contributed by atoms with Crippen molar-refractivity contribution in [3.05, 3.63) is 47.8 Å². The molecule has 0 radical (unpaired) electrons. The van der Waals surface area contributed by atoms with Crippen molar-refractivity contribution in [2.24, 2.45) is 0 Å². The van der Waals surface area contributed by atoms with Crippen LogP contribution in [0.15, 0.2) is 46.3 Å². The normalized spacial score (nSPS) is 11.6. The molecule has 0 spiro atoms. The topological polar surface area (TPSA) is 38.9 Å². The summed E-state index contributed by atoms with van der Waals surface area (Å²) >= 11 is 1.19. The predicted octanol–water partition coefficient (Wildman–Crippen LogP) is 4.14. The van der Waals surface area contributed by atoms with E-state index >= 15 is 0 Å². The second-order valence-corrected chi connectivity index (χ2v) is 5.14. The largest absolute Gasteiger partial charge is 0.433 e. The Balaban J connectivity index is 2.34. The van der Waals surface area contributed by atoms with Gasteiger partial charge in [0.2, 0.25) is 0 Å². The summed E-state index contributed by atoms with van der Waals surface area (Å²) in [4.78, 5) is 4.50. The molecule has 0 aliphatic heterocycles. The molecule has 19 heavy (non-hydrogen) atoms. The van der Waals surface area contributed by atoms with Gasteiger partial charge in [-0.3, -0.25) is 0 Å². The molecule has 2 nitrogen and oxygen atoms in total. The van der Waals surface area contributed by atoms with Gasteiger partial charge in [0.1, 0.15) is 5.69 Å². The van der Waals surface area contributed by atoms with Crippen LogP contribution in [0.2, 0.25) is 0 Å². The summed E-state index contributed by atoms with van der Waals surface area (Å²) in [7, 11) is 0. The van der Waals surface area contributed by atoms with Crippen LogP contribution in [0, 0.1) is 6.92 Å². The highest BCUT2D eigenvalue weighted by Gasteiger charge is 2.33. The second-order valence-electron chi connectivity index (χ2n) is 4.02. The molecule has 0 atom stereocenters. The number of anilines is 1. The van der Waals surface area contributed by atoms with Crippen LogP contribution in [0.1, 0.15) is 11.3 Å². The van der Waals surface area contributed by atoms with E-state index in [1.807, 2.05) is 31.2 Å². The Bertz CT molecular complexity index is 597. The van der Waals surface area contributed by atoms with Crippen molar-refractivity contribution < 1.29 is 13.2 Å². The van der Waals surface area contributed by atoms with Crippen molar-refractivity contribution in [2.75, 3.05) is 5.73 Å². The number of nitrogen functional groups attached to an aromatic ring is 1. The first-order chi connectivity index (χ1) is 8.86. The minimum Gasteiger partial charge on any atom is -0.397 e. The van der Waals surface area contributed by atoms with E-state index in [4.69, 9.17) is 5.73 Å². The lowest BCUT2D eigenvalue weighted by Crippen LogP contribution is -2.08. The zero-order chi connectivity index (χ0) is 14.0. The maximum Gasteiger partial charge on any atom is 0.433 e. The summed E-state index contributed by atoms with van der Waals surface area (Å²) in [6, 6.07) is 8.45. The lowest BCUT2D eigenvalue weighted by Gasteiger charge is -2.10. The number of rotatable bonds is 2. The summed E-state index contributed by atoms with van der Waals surface area (Å²) in [6.07, 6.45) is -3.42. The molecule has 0 aliphatic carbocycles. The third-order valence-electron chi connectivity index (χ3n) is 2.40. The quantitative estimate of drug-likeness (QED) is 0.900. The van der Waals surface area contributed by atoms with Crippen LogP contribution < -0.4 is 5.73 Å². The number of halogens is 3. The molecule has 0 amide bonds. The molecule has 2 N–H and O–H groups in total. The standard InChI is InChI=1S/C13H11F3N2S/c1-8-3-2-4-9(5-8)19-11-6-12(13(14,15)16)18-7-10(11)17/h2-7H,17H2,1H3. The van der Waals surface area contributed by atoms with Gasteiger partial charge in [-0.05, 0) is 25.1 Å². The molecule has 2 aromatic rings. The Morgan fingerprint density at radius 1 is 1.21 bits per heavy atom. The molecule has 100 valence electrons. The molecule has 0 unspecified atom stereocenters. The molecule has 0 saturated carbocycles. The van der Waals surface area contributed by atoms with Gasteiger partial charge in [-0.15, -0.1) is 0 Å². The molecule has 0 aliphatic rings. The molecule has 0 fully saturated rings. The molecule has 1 aromatic heterocycles. The van der Waals surface area contributed by atoms with E-state index in [0.717, 1.165) is 22.7 Å². The highest BCUT2D eigenvalue weighted by molar-refractivity contribution is 7.99. The Labute approximate surface area is 112 Å². The second kappa shape index (κ2) is 5.13. The number of aromatic nitrogens is 1. The summed E-state index contributed by atoms with van der Waals surface area (Å²) in [6.45, 7) is 1.92. The van der Waals surface area contributed by atoms with Gasteiger partial charge in [-0.25, -0.2) is 4.98 Å². The predicted molar refractivity (Wildman–Crippen MR) is 69.0 cm³/mol. The number of aryl methyl sites for hydroxylation is 1. The maximum absolute atomic E-state index is 12.6. The van der Waals surface area contributed by atoms with Crippen LogP contribution >= 0.6 is 11.8 Å². The van der Waals surface area contributed by atoms with Gasteiger partial charge >= 0.3 is 6.18 Å². The van der Waals surface area contributed by atoms with Crippen LogP contribution in [0.3, 0.4) is 0 Å². The van der Waals surface area contributed by atoms with Gasteiger partial charge in [0.15, 0.2) is 0 Å². The average Bonchev–Trinajstić information content (AvgIpc) is 2.30. The van der Waals surface area contributed by atoms with E-state index in [0.29, 0.717) is 4.90 Å². The molecule has 6 heteroatoms. The Morgan fingerprint density at radius 2 is 1.95 bits per heavy atom.